The molecule has 1 fully saturated rings. The van der Waals surface area contributed by atoms with Gasteiger partial charge >= 0.3 is 0 Å². The van der Waals surface area contributed by atoms with Crippen molar-refractivity contribution in [3.05, 3.63) is 0 Å². The van der Waals surface area contributed by atoms with Gasteiger partial charge in [-0.2, -0.15) is 0 Å². The van der Waals surface area contributed by atoms with E-state index >= 15 is 0 Å². The highest BCUT2D eigenvalue weighted by Crippen LogP contribution is 2.29. The quantitative estimate of drug-likeness (QED) is 0.735. The molecule has 0 aromatic carbocycles. The summed E-state index contributed by atoms with van der Waals surface area (Å²) in [5.74, 6) is 0.744. The van der Waals surface area contributed by atoms with Crippen LogP contribution in [0.5, 0.6) is 0 Å². The Morgan fingerprint density at radius 1 is 1.38 bits per heavy atom. The van der Waals surface area contributed by atoms with Crippen LogP contribution in [0, 0.1) is 11.3 Å². The zero-order chi connectivity index (χ0) is 12.3. The molecule has 0 aromatic rings. The molecule has 1 aliphatic rings. The summed E-state index contributed by atoms with van der Waals surface area (Å²) in [6.45, 7) is 10.8. The Labute approximate surface area is 109 Å². The van der Waals surface area contributed by atoms with Crippen LogP contribution in [0.1, 0.15) is 27.2 Å². The number of alkyl halides is 1. The lowest BCUT2D eigenvalue weighted by atomic mass is 9.82. The lowest BCUT2D eigenvalue weighted by molar-refractivity contribution is 0.178. The molecule has 0 bridgehead atoms. The first-order valence-corrected chi connectivity index (χ1v) is 7.41. The second-order valence-corrected chi connectivity index (χ2v) is 7.03. The molecule has 0 radical (unpaired) electrons. The van der Waals surface area contributed by atoms with Gasteiger partial charge in [0.25, 0.3) is 0 Å². The summed E-state index contributed by atoms with van der Waals surface area (Å²) >= 11 is 3.67. The van der Waals surface area contributed by atoms with Gasteiger partial charge < -0.3 is 9.80 Å². The molecule has 0 amide bonds. The third-order valence-corrected chi connectivity index (χ3v) is 4.65. The monoisotopic (exact) mass is 290 g/mol. The van der Waals surface area contributed by atoms with Gasteiger partial charge in [-0.3, -0.25) is 0 Å². The molecular weight excluding hydrogens is 264 g/mol. The Hall–Kier alpha value is 0.400. The molecule has 16 heavy (non-hydrogen) atoms. The van der Waals surface area contributed by atoms with Gasteiger partial charge in [-0.05, 0) is 38.4 Å². The van der Waals surface area contributed by atoms with Crippen molar-refractivity contribution in [2.75, 3.05) is 39.1 Å². The van der Waals surface area contributed by atoms with E-state index in [0.717, 1.165) is 17.3 Å². The minimum Gasteiger partial charge on any atom is -0.305 e. The minimum atomic E-state index is 0.402. The Morgan fingerprint density at radius 3 is 2.38 bits per heavy atom. The molecule has 0 N–H and O–H groups in total. The molecule has 0 saturated carbocycles. The molecule has 2 unspecified atom stereocenters. The predicted octanol–water partition coefficient (Wildman–Crippen LogP) is 2.68. The Kier molecular flexibility index (Phi) is 5.27. The molecule has 2 atom stereocenters. The van der Waals surface area contributed by atoms with Crippen LogP contribution < -0.4 is 0 Å². The largest absolute Gasteiger partial charge is 0.305 e. The first kappa shape index (κ1) is 14.5. The molecule has 0 spiro atoms. The summed E-state index contributed by atoms with van der Waals surface area (Å²) in [5.41, 5.74) is 0.402. The van der Waals surface area contributed by atoms with Gasteiger partial charge in [-0.15, -0.1) is 0 Å². The minimum absolute atomic E-state index is 0.402. The van der Waals surface area contributed by atoms with E-state index in [-0.39, 0.29) is 0 Å². The number of nitrogens with zero attached hydrogens (tertiary/aromatic N) is 2. The summed E-state index contributed by atoms with van der Waals surface area (Å²) in [6.07, 6.45) is 1.33. The van der Waals surface area contributed by atoms with Crippen LogP contribution in [0.25, 0.3) is 0 Å². The Morgan fingerprint density at radius 2 is 2.00 bits per heavy atom. The molecule has 96 valence electrons. The maximum Gasteiger partial charge on any atom is 0.0229 e. The third-order valence-electron chi connectivity index (χ3n) is 3.87. The van der Waals surface area contributed by atoms with E-state index in [1.165, 1.54) is 26.1 Å². The first-order valence-electron chi connectivity index (χ1n) is 6.29. The van der Waals surface area contributed by atoms with Crippen molar-refractivity contribution in [3.63, 3.8) is 0 Å². The summed E-state index contributed by atoms with van der Waals surface area (Å²) in [5, 5.41) is 1.11. The van der Waals surface area contributed by atoms with E-state index in [1.807, 2.05) is 0 Å². The van der Waals surface area contributed by atoms with Crippen molar-refractivity contribution in [3.8, 4) is 0 Å². The van der Waals surface area contributed by atoms with Crippen LogP contribution in [-0.4, -0.2) is 54.9 Å². The number of hydrogen-bond acceptors (Lipinski definition) is 2. The average Bonchev–Trinajstić information content (AvgIpc) is 2.60. The van der Waals surface area contributed by atoms with Crippen LogP contribution in [-0.2, 0) is 0 Å². The fourth-order valence-electron chi connectivity index (χ4n) is 2.27. The van der Waals surface area contributed by atoms with Gasteiger partial charge in [0.15, 0.2) is 0 Å². The predicted molar refractivity (Wildman–Crippen MR) is 75.3 cm³/mol. The van der Waals surface area contributed by atoms with Gasteiger partial charge in [0.2, 0.25) is 0 Å². The number of halogens is 1. The molecular formula is C13H27BrN2. The summed E-state index contributed by atoms with van der Waals surface area (Å²) in [6, 6.07) is 0.760. The number of rotatable bonds is 4. The van der Waals surface area contributed by atoms with E-state index in [2.05, 4.69) is 60.6 Å². The molecule has 1 heterocycles. The maximum atomic E-state index is 3.67. The van der Waals surface area contributed by atoms with Gasteiger partial charge in [-0.25, -0.2) is 0 Å². The van der Waals surface area contributed by atoms with Crippen molar-refractivity contribution < 1.29 is 0 Å². The second kappa shape index (κ2) is 5.83. The van der Waals surface area contributed by atoms with Crippen LogP contribution in [0.2, 0.25) is 0 Å². The first-order chi connectivity index (χ1) is 7.34. The number of hydrogen-bond donors (Lipinski definition) is 0. The van der Waals surface area contributed by atoms with Crippen molar-refractivity contribution in [2.45, 2.75) is 33.2 Å². The molecule has 0 aliphatic carbocycles. The fourth-order valence-corrected chi connectivity index (χ4v) is 3.44. The molecule has 1 saturated heterocycles. The van der Waals surface area contributed by atoms with Crippen LogP contribution >= 0.6 is 15.9 Å². The molecule has 2 nitrogen and oxygen atoms in total. The zero-order valence-corrected chi connectivity index (χ0v) is 13.0. The molecule has 1 aliphatic heterocycles. The molecule has 3 heteroatoms. The Balaban J connectivity index is 2.44. The zero-order valence-electron chi connectivity index (χ0n) is 11.5. The fraction of sp³-hybridized carbons (Fsp3) is 1.00. The smallest absolute Gasteiger partial charge is 0.0229 e. The lowest BCUT2D eigenvalue weighted by Crippen LogP contribution is -2.37. The summed E-state index contributed by atoms with van der Waals surface area (Å²) < 4.78 is 0. The number of likely N-dealkylation sites (tertiary alicyclic amines) is 1. The van der Waals surface area contributed by atoms with E-state index in [0.29, 0.717) is 5.41 Å². The highest BCUT2D eigenvalue weighted by Gasteiger charge is 2.30. The maximum absolute atomic E-state index is 3.67. The molecule has 1 rings (SSSR count). The molecule has 0 aromatic heterocycles. The highest BCUT2D eigenvalue weighted by atomic mass is 79.9. The lowest BCUT2D eigenvalue weighted by Gasteiger charge is -2.33. The van der Waals surface area contributed by atoms with Crippen molar-refractivity contribution >= 4 is 15.9 Å². The summed E-state index contributed by atoms with van der Waals surface area (Å²) in [4.78, 5) is 4.99. The van der Waals surface area contributed by atoms with Crippen LogP contribution in [0.4, 0.5) is 0 Å². The van der Waals surface area contributed by atoms with Gasteiger partial charge in [0.1, 0.15) is 0 Å². The van der Waals surface area contributed by atoms with Crippen LogP contribution in [0.15, 0.2) is 0 Å². The van der Waals surface area contributed by atoms with E-state index < -0.39 is 0 Å². The van der Waals surface area contributed by atoms with Crippen molar-refractivity contribution in [2.24, 2.45) is 11.3 Å². The Bertz CT molecular complexity index is 210. The van der Waals surface area contributed by atoms with Crippen molar-refractivity contribution in [1.29, 1.82) is 0 Å². The SMILES string of the molecule is CN(C)C1CCN(CC(CBr)C(C)(C)C)C1. The topological polar surface area (TPSA) is 6.48 Å². The normalized spacial score (nSPS) is 25.3. The third kappa shape index (κ3) is 4.01. The van der Waals surface area contributed by atoms with E-state index in [4.69, 9.17) is 0 Å². The number of likely N-dealkylation sites (N-methyl/N-ethyl adjacent to an activating group) is 1. The average molecular weight is 291 g/mol. The standard InChI is InChI=1S/C13H27BrN2/c1-13(2,3)11(8-14)9-16-7-6-12(10-16)15(4)5/h11-12H,6-10H2,1-5H3. The van der Waals surface area contributed by atoms with Crippen molar-refractivity contribution in [1.82, 2.24) is 9.80 Å². The van der Waals surface area contributed by atoms with Gasteiger partial charge in [0.05, 0.1) is 0 Å². The van der Waals surface area contributed by atoms with Gasteiger partial charge in [0, 0.05) is 24.5 Å². The highest BCUT2D eigenvalue weighted by molar-refractivity contribution is 9.09. The van der Waals surface area contributed by atoms with E-state index in [9.17, 15) is 0 Å². The van der Waals surface area contributed by atoms with E-state index in [1.54, 1.807) is 0 Å². The second-order valence-electron chi connectivity index (χ2n) is 6.38. The summed E-state index contributed by atoms with van der Waals surface area (Å²) in [7, 11) is 4.39. The van der Waals surface area contributed by atoms with Crippen LogP contribution in [0.3, 0.4) is 0 Å². The van der Waals surface area contributed by atoms with Gasteiger partial charge in [-0.1, -0.05) is 36.7 Å².